The second-order valence-corrected chi connectivity index (χ2v) is 8.17. The van der Waals surface area contributed by atoms with Crippen molar-refractivity contribution < 1.29 is 4.79 Å². The zero-order valence-corrected chi connectivity index (χ0v) is 17.1. The van der Waals surface area contributed by atoms with Gasteiger partial charge in [0.15, 0.2) is 0 Å². The summed E-state index contributed by atoms with van der Waals surface area (Å²) < 4.78 is 0. The van der Waals surface area contributed by atoms with Crippen LogP contribution in [0, 0.1) is 0 Å². The Morgan fingerprint density at radius 1 is 0.889 bits per heavy atom. The number of piperidine rings is 1. The molecular formula is C21H33ClN4O. The van der Waals surface area contributed by atoms with Crippen molar-refractivity contribution in [1.82, 2.24) is 20.0 Å². The predicted octanol–water partition coefficient (Wildman–Crippen LogP) is 3.43. The molecule has 0 radical (unpaired) electrons. The molecule has 5 nitrogen and oxygen atoms in total. The van der Waals surface area contributed by atoms with Crippen LogP contribution < -0.4 is 5.32 Å². The average Bonchev–Trinajstić information content (AvgIpc) is 2.93. The molecule has 0 bridgehead atoms. The lowest BCUT2D eigenvalue weighted by molar-refractivity contribution is 0.195. The quantitative estimate of drug-likeness (QED) is 0.754. The van der Waals surface area contributed by atoms with Crippen LogP contribution in [0.25, 0.3) is 0 Å². The number of halogens is 1. The molecule has 0 unspecified atom stereocenters. The van der Waals surface area contributed by atoms with Crippen molar-refractivity contribution in [2.24, 2.45) is 0 Å². The molecule has 2 heterocycles. The van der Waals surface area contributed by atoms with Gasteiger partial charge in [0.25, 0.3) is 0 Å². The summed E-state index contributed by atoms with van der Waals surface area (Å²) in [5.41, 5.74) is 1.27. The lowest BCUT2D eigenvalue weighted by Gasteiger charge is -2.26. The van der Waals surface area contributed by atoms with E-state index < -0.39 is 0 Å². The van der Waals surface area contributed by atoms with Crippen molar-refractivity contribution in [1.29, 1.82) is 0 Å². The molecule has 0 aliphatic carbocycles. The van der Waals surface area contributed by atoms with Gasteiger partial charge < -0.3 is 15.1 Å². The maximum Gasteiger partial charge on any atom is 0.317 e. The lowest BCUT2D eigenvalue weighted by Crippen LogP contribution is -2.43. The summed E-state index contributed by atoms with van der Waals surface area (Å²) >= 11 is 5.96. The number of carbonyl (C=O) groups is 1. The van der Waals surface area contributed by atoms with E-state index in [-0.39, 0.29) is 6.03 Å². The molecule has 2 saturated heterocycles. The topological polar surface area (TPSA) is 38.8 Å². The number of rotatable bonds is 6. The molecule has 6 heteroatoms. The molecule has 2 aliphatic heterocycles. The standard InChI is InChI=1S/C21H33ClN4O/c22-20-8-6-19(7-9-20)18-25-14-5-15-26(17-16-25)21(27)23-10-4-13-24-11-2-1-3-12-24/h6-9H,1-5,10-18H2,(H,23,27). The number of benzene rings is 1. The van der Waals surface area contributed by atoms with Gasteiger partial charge in [-0.15, -0.1) is 0 Å². The molecule has 0 atom stereocenters. The maximum absolute atomic E-state index is 12.5. The fourth-order valence-electron chi connectivity index (χ4n) is 3.97. The lowest BCUT2D eigenvalue weighted by atomic mass is 10.1. The molecule has 3 rings (SSSR count). The SMILES string of the molecule is O=C(NCCCN1CCCCC1)N1CCCN(Cc2ccc(Cl)cc2)CC1. The third-order valence-electron chi connectivity index (χ3n) is 5.57. The summed E-state index contributed by atoms with van der Waals surface area (Å²) in [6.07, 6.45) is 6.09. The van der Waals surface area contributed by atoms with E-state index in [9.17, 15) is 4.79 Å². The van der Waals surface area contributed by atoms with E-state index in [1.807, 2.05) is 17.0 Å². The first-order valence-corrected chi connectivity index (χ1v) is 10.8. The second kappa shape index (κ2) is 10.9. The minimum Gasteiger partial charge on any atom is -0.338 e. The smallest absolute Gasteiger partial charge is 0.317 e. The highest BCUT2D eigenvalue weighted by Crippen LogP contribution is 2.13. The average molecular weight is 393 g/mol. The first-order valence-electron chi connectivity index (χ1n) is 10.4. The Kier molecular flexibility index (Phi) is 8.24. The molecule has 2 fully saturated rings. The molecule has 0 saturated carbocycles. The number of urea groups is 1. The number of hydrogen-bond acceptors (Lipinski definition) is 3. The summed E-state index contributed by atoms with van der Waals surface area (Å²) in [5.74, 6) is 0. The number of likely N-dealkylation sites (tertiary alicyclic amines) is 1. The van der Waals surface area contributed by atoms with Crippen LogP contribution in [0.2, 0.25) is 5.02 Å². The molecule has 150 valence electrons. The summed E-state index contributed by atoms with van der Waals surface area (Å²) in [6, 6.07) is 8.15. The van der Waals surface area contributed by atoms with E-state index in [2.05, 4.69) is 27.2 Å². The van der Waals surface area contributed by atoms with E-state index in [1.54, 1.807) is 0 Å². The van der Waals surface area contributed by atoms with E-state index in [0.717, 1.165) is 63.7 Å². The van der Waals surface area contributed by atoms with Crippen LogP contribution in [0.5, 0.6) is 0 Å². The normalized spacial score (nSPS) is 19.7. The van der Waals surface area contributed by atoms with Gasteiger partial charge in [-0.1, -0.05) is 30.2 Å². The van der Waals surface area contributed by atoms with E-state index in [4.69, 9.17) is 11.6 Å². The molecule has 1 aromatic rings. The van der Waals surface area contributed by atoms with Gasteiger partial charge in [0.1, 0.15) is 0 Å². The Bertz CT molecular complexity index is 574. The molecular weight excluding hydrogens is 360 g/mol. The summed E-state index contributed by atoms with van der Waals surface area (Å²) in [4.78, 5) is 19.4. The van der Waals surface area contributed by atoms with Gasteiger partial charge in [-0.05, 0) is 63.0 Å². The third-order valence-corrected chi connectivity index (χ3v) is 5.82. The van der Waals surface area contributed by atoms with Gasteiger partial charge in [0.05, 0.1) is 0 Å². The second-order valence-electron chi connectivity index (χ2n) is 7.73. The molecule has 27 heavy (non-hydrogen) atoms. The zero-order valence-electron chi connectivity index (χ0n) is 16.3. The Balaban J connectivity index is 1.34. The van der Waals surface area contributed by atoms with Gasteiger partial charge in [-0.25, -0.2) is 4.79 Å². The largest absolute Gasteiger partial charge is 0.338 e. The van der Waals surface area contributed by atoms with Gasteiger partial charge in [-0.3, -0.25) is 4.90 Å². The fraction of sp³-hybridized carbons (Fsp3) is 0.667. The van der Waals surface area contributed by atoms with E-state index in [0.29, 0.717) is 0 Å². The van der Waals surface area contributed by atoms with E-state index >= 15 is 0 Å². The van der Waals surface area contributed by atoms with E-state index in [1.165, 1.54) is 37.9 Å². The summed E-state index contributed by atoms with van der Waals surface area (Å²) in [6.45, 7) is 8.84. The number of carbonyl (C=O) groups excluding carboxylic acids is 1. The van der Waals surface area contributed by atoms with Crippen molar-refractivity contribution >= 4 is 17.6 Å². The van der Waals surface area contributed by atoms with Crippen LogP contribution in [0.1, 0.15) is 37.7 Å². The van der Waals surface area contributed by atoms with Crippen LogP contribution in [0.4, 0.5) is 4.79 Å². The number of amides is 2. The van der Waals surface area contributed by atoms with Crippen molar-refractivity contribution in [2.45, 2.75) is 38.6 Å². The molecule has 2 amide bonds. The van der Waals surface area contributed by atoms with Crippen LogP contribution in [-0.2, 0) is 6.54 Å². The minimum absolute atomic E-state index is 0.0991. The van der Waals surface area contributed by atoms with Gasteiger partial charge in [-0.2, -0.15) is 0 Å². The van der Waals surface area contributed by atoms with Gasteiger partial charge in [0, 0.05) is 44.3 Å². The maximum atomic E-state index is 12.5. The van der Waals surface area contributed by atoms with Crippen molar-refractivity contribution in [3.8, 4) is 0 Å². The molecule has 2 aliphatic rings. The van der Waals surface area contributed by atoms with Crippen molar-refractivity contribution in [2.75, 3.05) is 52.4 Å². The van der Waals surface area contributed by atoms with Gasteiger partial charge >= 0.3 is 6.03 Å². The highest BCUT2D eigenvalue weighted by molar-refractivity contribution is 6.30. The highest BCUT2D eigenvalue weighted by Gasteiger charge is 2.19. The summed E-state index contributed by atoms with van der Waals surface area (Å²) in [5, 5.41) is 3.89. The first kappa shape index (κ1) is 20.4. The first-order chi connectivity index (χ1) is 13.2. The van der Waals surface area contributed by atoms with Crippen LogP contribution >= 0.6 is 11.6 Å². The number of nitrogens with zero attached hydrogens (tertiary/aromatic N) is 3. The predicted molar refractivity (Wildman–Crippen MR) is 111 cm³/mol. The molecule has 0 spiro atoms. The number of nitrogens with one attached hydrogen (secondary N) is 1. The van der Waals surface area contributed by atoms with Crippen LogP contribution in [-0.4, -0.2) is 73.1 Å². The molecule has 1 aromatic carbocycles. The Hall–Kier alpha value is -1.30. The van der Waals surface area contributed by atoms with Crippen LogP contribution in [0.15, 0.2) is 24.3 Å². The number of hydrogen-bond donors (Lipinski definition) is 1. The molecule has 0 aromatic heterocycles. The highest BCUT2D eigenvalue weighted by atomic mass is 35.5. The van der Waals surface area contributed by atoms with Crippen LogP contribution in [0.3, 0.4) is 0 Å². The minimum atomic E-state index is 0.0991. The van der Waals surface area contributed by atoms with Crippen molar-refractivity contribution in [3.63, 3.8) is 0 Å². The fourth-order valence-corrected chi connectivity index (χ4v) is 4.10. The Labute approximate surface area is 168 Å². The van der Waals surface area contributed by atoms with Gasteiger partial charge in [0.2, 0.25) is 0 Å². The zero-order chi connectivity index (χ0) is 18.9. The van der Waals surface area contributed by atoms with Crippen molar-refractivity contribution in [3.05, 3.63) is 34.9 Å². The summed E-state index contributed by atoms with van der Waals surface area (Å²) in [7, 11) is 0. The monoisotopic (exact) mass is 392 g/mol. The molecule has 1 N–H and O–H groups in total. The Morgan fingerprint density at radius 3 is 2.41 bits per heavy atom. The third kappa shape index (κ3) is 6.98. The Morgan fingerprint density at radius 2 is 1.63 bits per heavy atom.